The van der Waals surface area contributed by atoms with Crippen LogP contribution in [0.5, 0.6) is 0 Å². The van der Waals surface area contributed by atoms with Crippen LogP contribution in [0.15, 0.2) is 23.6 Å². The first kappa shape index (κ1) is 12.5. The number of carbonyl (C=O) groups is 1. The third-order valence-corrected chi connectivity index (χ3v) is 3.18. The van der Waals surface area contributed by atoms with Gasteiger partial charge in [0.2, 0.25) is 0 Å². The monoisotopic (exact) mass is 265 g/mol. The van der Waals surface area contributed by atoms with E-state index in [1.54, 1.807) is 0 Å². The second-order valence-corrected chi connectivity index (χ2v) is 4.83. The molecule has 0 saturated carbocycles. The quantitative estimate of drug-likeness (QED) is 0.835. The van der Waals surface area contributed by atoms with E-state index in [1.807, 2.05) is 12.3 Å². The molecule has 1 aromatic heterocycles. The topological polar surface area (TPSA) is 68.0 Å². The minimum Gasteiger partial charge on any atom is -0.398 e. The Bertz CT molecular complexity index is 582. The molecule has 0 atom stereocenters. The van der Waals surface area contributed by atoms with Crippen molar-refractivity contribution in [1.82, 2.24) is 10.3 Å². The standard InChI is InChI=1S/C12H12FN3OS/c1-7-16-9(6-18-7)5-15-12(17)10-4-8(13)2-3-11(10)14/h2-4,6H,5,14H2,1H3,(H,15,17). The van der Waals surface area contributed by atoms with Crippen LogP contribution in [0.3, 0.4) is 0 Å². The fourth-order valence-corrected chi connectivity index (χ4v) is 2.09. The lowest BCUT2D eigenvalue weighted by molar-refractivity contribution is 0.0951. The molecule has 4 nitrogen and oxygen atoms in total. The maximum Gasteiger partial charge on any atom is 0.253 e. The number of hydrogen-bond acceptors (Lipinski definition) is 4. The van der Waals surface area contributed by atoms with Crippen LogP contribution in [-0.2, 0) is 6.54 Å². The van der Waals surface area contributed by atoms with Gasteiger partial charge >= 0.3 is 0 Å². The van der Waals surface area contributed by atoms with Gasteiger partial charge in [-0.25, -0.2) is 9.37 Å². The van der Waals surface area contributed by atoms with Gasteiger partial charge < -0.3 is 11.1 Å². The molecule has 0 radical (unpaired) electrons. The molecule has 0 spiro atoms. The van der Waals surface area contributed by atoms with Crippen molar-refractivity contribution in [3.05, 3.63) is 45.7 Å². The van der Waals surface area contributed by atoms with E-state index in [0.717, 1.165) is 16.8 Å². The van der Waals surface area contributed by atoms with Gasteiger partial charge in [-0.3, -0.25) is 4.79 Å². The number of halogens is 1. The number of nitrogen functional groups attached to an aromatic ring is 1. The van der Waals surface area contributed by atoms with E-state index >= 15 is 0 Å². The van der Waals surface area contributed by atoms with Crippen LogP contribution in [0.2, 0.25) is 0 Å². The molecule has 94 valence electrons. The molecule has 0 aliphatic carbocycles. The van der Waals surface area contributed by atoms with E-state index in [9.17, 15) is 9.18 Å². The van der Waals surface area contributed by atoms with Crippen molar-refractivity contribution in [3.8, 4) is 0 Å². The number of hydrogen-bond donors (Lipinski definition) is 2. The summed E-state index contributed by atoms with van der Waals surface area (Å²) in [4.78, 5) is 16.0. The van der Waals surface area contributed by atoms with E-state index in [-0.39, 0.29) is 11.3 Å². The highest BCUT2D eigenvalue weighted by atomic mass is 32.1. The zero-order valence-electron chi connectivity index (χ0n) is 9.74. The van der Waals surface area contributed by atoms with E-state index in [0.29, 0.717) is 6.54 Å². The lowest BCUT2D eigenvalue weighted by atomic mass is 10.1. The molecule has 2 aromatic rings. The lowest BCUT2D eigenvalue weighted by Gasteiger charge is -2.06. The van der Waals surface area contributed by atoms with Crippen LogP contribution in [0, 0.1) is 12.7 Å². The van der Waals surface area contributed by atoms with Crippen LogP contribution >= 0.6 is 11.3 Å². The molecule has 0 bridgehead atoms. The first-order valence-corrected chi connectivity index (χ1v) is 6.18. The average Bonchev–Trinajstić information content (AvgIpc) is 2.75. The number of rotatable bonds is 3. The first-order valence-electron chi connectivity index (χ1n) is 5.30. The number of nitrogens with zero attached hydrogens (tertiary/aromatic N) is 1. The minimum absolute atomic E-state index is 0.141. The van der Waals surface area contributed by atoms with Crippen LogP contribution in [0.4, 0.5) is 10.1 Å². The molecule has 0 saturated heterocycles. The van der Waals surface area contributed by atoms with Crippen molar-refractivity contribution in [2.24, 2.45) is 0 Å². The highest BCUT2D eigenvalue weighted by Gasteiger charge is 2.11. The summed E-state index contributed by atoms with van der Waals surface area (Å²) in [5, 5.41) is 5.46. The van der Waals surface area contributed by atoms with Crippen LogP contribution in [0.25, 0.3) is 0 Å². The number of aryl methyl sites for hydroxylation is 1. The number of carbonyl (C=O) groups excluding carboxylic acids is 1. The summed E-state index contributed by atoms with van der Waals surface area (Å²) in [6, 6.07) is 3.71. The Morgan fingerprint density at radius 2 is 2.33 bits per heavy atom. The molecule has 6 heteroatoms. The largest absolute Gasteiger partial charge is 0.398 e. The summed E-state index contributed by atoms with van der Waals surface area (Å²) in [6.45, 7) is 2.19. The Labute approximate surface area is 108 Å². The summed E-state index contributed by atoms with van der Waals surface area (Å²) in [7, 11) is 0. The fraction of sp³-hybridized carbons (Fsp3) is 0.167. The van der Waals surface area contributed by atoms with Gasteiger partial charge in [0.05, 0.1) is 22.8 Å². The predicted molar refractivity (Wildman–Crippen MR) is 68.8 cm³/mol. The molecule has 0 aliphatic rings. The molecule has 3 N–H and O–H groups in total. The second-order valence-electron chi connectivity index (χ2n) is 3.77. The Morgan fingerprint density at radius 3 is 3.00 bits per heavy atom. The lowest BCUT2D eigenvalue weighted by Crippen LogP contribution is -2.24. The number of benzene rings is 1. The van der Waals surface area contributed by atoms with Gasteiger partial charge in [0, 0.05) is 11.1 Å². The fourth-order valence-electron chi connectivity index (χ4n) is 1.48. The number of anilines is 1. The van der Waals surface area contributed by atoms with Crippen molar-refractivity contribution in [1.29, 1.82) is 0 Å². The molecule has 2 rings (SSSR count). The number of nitrogens with two attached hydrogens (primary N) is 1. The van der Waals surface area contributed by atoms with Crippen LogP contribution < -0.4 is 11.1 Å². The summed E-state index contributed by atoms with van der Waals surface area (Å²) in [5.74, 6) is -0.892. The highest BCUT2D eigenvalue weighted by Crippen LogP contribution is 2.13. The van der Waals surface area contributed by atoms with Crippen molar-refractivity contribution < 1.29 is 9.18 Å². The van der Waals surface area contributed by atoms with Gasteiger partial charge in [0.1, 0.15) is 5.82 Å². The summed E-state index contributed by atoms with van der Waals surface area (Å²) in [6.07, 6.45) is 0. The number of amides is 1. The van der Waals surface area contributed by atoms with Crippen molar-refractivity contribution in [3.63, 3.8) is 0 Å². The molecule has 1 heterocycles. The van der Waals surface area contributed by atoms with E-state index in [1.165, 1.54) is 23.5 Å². The van der Waals surface area contributed by atoms with Crippen LogP contribution in [-0.4, -0.2) is 10.9 Å². The normalized spacial score (nSPS) is 10.3. The van der Waals surface area contributed by atoms with Gasteiger partial charge in [-0.15, -0.1) is 11.3 Å². The Balaban J connectivity index is 2.05. The van der Waals surface area contributed by atoms with Gasteiger partial charge in [-0.1, -0.05) is 0 Å². The van der Waals surface area contributed by atoms with E-state index in [4.69, 9.17) is 5.73 Å². The molecule has 0 aliphatic heterocycles. The average molecular weight is 265 g/mol. The maximum absolute atomic E-state index is 13.0. The number of thiazole rings is 1. The van der Waals surface area contributed by atoms with E-state index < -0.39 is 11.7 Å². The van der Waals surface area contributed by atoms with Crippen molar-refractivity contribution >= 4 is 22.9 Å². The predicted octanol–water partition coefficient (Wildman–Crippen LogP) is 2.10. The number of aromatic nitrogens is 1. The Morgan fingerprint density at radius 1 is 1.56 bits per heavy atom. The van der Waals surface area contributed by atoms with E-state index in [2.05, 4.69) is 10.3 Å². The molecule has 0 fully saturated rings. The summed E-state index contributed by atoms with van der Waals surface area (Å²) >= 11 is 1.51. The highest BCUT2D eigenvalue weighted by molar-refractivity contribution is 7.09. The zero-order chi connectivity index (χ0) is 13.1. The maximum atomic E-state index is 13.0. The third-order valence-electron chi connectivity index (χ3n) is 2.36. The third kappa shape index (κ3) is 2.84. The molecular formula is C12H12FN3OS. The van der Waals surface area contributed by atoms with Crippen LogP contribution in [0.1, 0.15) is 21.1 Å². The number of nitrogens with one attached hydrogen (secondary N) is 1. The van der Waals surface area contributed by atoms with Crippen molar-refractivity contribution in [2.75, 3.05) is 5.73 Å². The first-order chi connectivity index (χ1) is 8.56. The smallest absolute Gasteiger partial charge is 0.253 e. The SMILES string of the molecule is Cc1nc(CNC(=O)c2cc(F)ccc2N)cs1. The summed E-state index contributed by atoms with van der Waals surface area (Å²) in [5.41, 5.74) is 6.79. The van der Waals surface area contributed by atoms with Gasteiger partial charge in [-0.05, 0) is 25.1 Å². The minimum atomic E-state index is -0.487. The van der Waals surface area contributed by atoms with Gasteiger partial charge in [-0.2, -0.15) is 0 Å². The summed E-state index contributed by atoms with van der Waals surface area (Å²) < 4.78 is 13.0. The molecule has 18 heavy (non-hydrogen) atoms. The Hall–Kier alpha value is -1.95. The second kappa shape index (κ2) is 5.14. The molecular weight excluding hydrogens is 253 g/mol. The van der Waals surface area contributed by atoms with Gasteiger partial charge in [0.25, 0.3) is 5.91 Å². The zero-order valence-corrected chi connectivity index (χ0v) is 10.6. The van der Waals surface area contributed by atoms with Crippen molar-refractivity contribution in [2.45, 2.75) is 13.5 Å². The van der Waals surface area contributed by atoms with Gasteiger partial charge in [0.15, 0.2) is 0 Å². The molecule has 0 unspecified atom stereocenters. The Kier molecular flexibility index (Phi) is 3.57. The molecule has 1 aromatic carbocycles. The molecule has 1 amide bonds.